The first-order valence-corrected chi connectivity index (χ1v) is 6.83. The summed E-state index contributed by atoms with van der Waals surface area (Å²) in [7, 11) is 0. The van der Waals surface area contributed by atoms with E-state index in [4.69, 9.17) is 0 Å². The topological polar surface area (TPSA) is 0 Å². The maximum atomic E-state index is 4.25. The third-order valence-corrected chi connectivity index (χ3v) is 3.10. The Bertz CT molecular complexity index is 91.8. The largest absolute Gasteiger partial charge is 0.179 e. The minimum atomic E-state index is 0.849. The van der Waals surface area contributed by atoms with Crippen molar-refractivity contribution in [1.82, 2.24) is 0 Å². The van der Waals surface area contributed by atoms with Crippen LogP contribution in [-0.2, 0) is 0 Å². The number of thioether (sulfide) groups is 1. The zero-order valence-corrected chi connectivity index (χ0v) is 10.3. The highest BCUT2D eigenvalue weighted by molar-refractivity contribution is 7.98. The molecule has 0 radical (unpaired) electrons. The lowest BCUT2D eigenvalue weighted by Gasteiger charge is -2.17. The summed E-state index contributed by atoms with van der Waals surface area (Å²) in [5.41, 5.74) is 0. The standard InChI is InChI=1S/C10H22S2/c1-9(2)7-10(8-12-3)5-4-6-11/h9-11H,4-8H2,1-3H3. The molecule has 74 valence electrons. The van der Waals surface area contributed by atoms with Gasteiger partial charge < -0.3 is 0 Å². The Hall–Kier alpha value is 0.700. The first-order valence-electron chi connectivity index (χ1n) is 4.80. The van der Waals surface area contributed by atoms with Gasteiger partial charge in [0.05, 0.1) is 0 Å². The Labute approximate surface area is 87.3 Å². The number of thiol groups is 1. The van der Waals surface area contributed by atoms with Gasteiger partial charge in [0.15, 0.2) is 0 Å². The Kier molecular flexibility index (Phi) is 8.79. The van der Waals surface area contributed by atoms with Crippen LogP contribution >= 0.6 is 24.4 Å². The van der Waals surface area contributed by atoms with E-state index in [0.29, 0.717) is 0 Å². The van der Waals surface area contributed by atoms with Gasteiger partial charge in [-0.1, -0.05) is 13.8 Å². The van der Waals surface area contributed by atoms with Gasteiger partial charge in [0.2, 0.25) is 0 Å². The van der Waals surface area contributed by atoms with E-state index in [2.05, 4.69) is 32.7 Å². The average Bonchev–Trinajstić information content (AvgIpc) is 2.00. The van der Waals surface area contributed by atoms with Crippen molar-refractivity contribution in [2.75, 3.05) is 17.8 Å². The molecular weight excluding hydrogens is 184 g/mol. The Morgan fingerprint density at radius 2 is 2.00 bits per heavy atom. The number of hydrogen-bond donors (Lipinski definition) is 1. The Morgan fingerprint density at radius 3 is 2.42 bits per heavy atom. The summed E-state index contributed by atoms with van der Waals surface area (Å²) in [6.07, 6.45) is 6.23. The van der Waals surface area contributed by atoms with E-state index in [1.807, 2.05) is 11.8 Å². The minimum absolute atomic E-state index is 0.849. The van der Waals surface area contributed by atoms with Crippen LogP contribution in [0.15, 0.2) is 0 Å². The van der Waals surface area contributed by atoms with Crippen molar-refractivity contribution >= 4 is 24.4 Å². The molecule has 0 aliphatic heterocycles. The zero-order valence-electron chi connectivity index (χ0n) is 8.55. The molecule has 12 heavy (non-hydrogen) atoms. The van der Waals surface area contributed by atoms with E-state index in [1.165, 1.54) is 25.0 Å². The van der Waals surface area contributed by atoms with Crippen LogP contribution in [0.5, 0.6) is 0 Å². The van der Waals surface area contributed by atoms with Crippen molar-refractivity contribution in [3.05, 3.63) is 0 Å². The molecule has 1 unspecified atom stereocenters. The number of hydrogen-bond acceptors (Lipinski definition) is 2. The summed E-state index contributed by atoms with van der Waals surface area (Å²) < 4.78 is 0. The monoisotopic (exact) mass is 206 g/mol. The second-order valence-electron chi connectivity index (χ2n) is 3.82. The lowest BCUT2D eigenvalue weighted by atomic mass is 9.95. The maximum Gasteiger partial charge on any atom is -0.00418 e. The molecule has 0 aliphatic carbocycles. The third-order valence-electron chi connectivity index (χ3n) is 1.98. The lowest BCUT2D eigenvalue weighted by Crippen LogP contribution is -2.07. The molecule has 0 N–H and O–H groups in total. The van der Waals surface area contributed by atoms with Gasteiger partial charge in [0.1, 0.15) is 0 Å². The first kappa shape index (κ1) is 12.7. The second-order valence-corrected chi connectivity index (χ2v) is 5.17. The van der Waals surface area contributed by atoms with Crippen molar-refractivity contribution in [3.8, 4) is 0 Å². The molecule has 0 spiro atoms. The van der Waals surface area contributed by atoms with Crippen molar-refractivity contribution in [3.63, 3.8) is 0 Å². The maximum absolute atomic E-state index is 4.25. The van der Waals surface area contributed by atoms with Crippen LogP contribution in [0.3, 0.4) is 0 Å². The fourth-order valence-electron chi connectivity index (χ4n) is 1.55. The Balaban J connectivity index is 3.54. The van der Waals surface area contributed by atoms with Crippen LogP contribution in [0.25, 0.3) is 0 Å². The van der Waals surface area contributed by atoms with E-state index in [-0.39, 0.29) is 0 Å². The molecular formula is C10H22S2. The fourth-order valence-corrected chi connectivity index (χ4v) is 2.51. The molecule has 0 rings (SSSR count). The highest BCUT2D eigenvalue weighted by atomic mass is 32.2. The molecule has 0 nitrogen and oxygen atoms in total. The molecule has 0 heterocycles. The molecule has 0 aromatic rings. The van der Waals surface area contributed by atoms with Crippen LogP contribution in [0.4, 0.5) is 0 Å². The van der Waals surface area contributed by atoms with Gasteiger partial charge >= 0.3 is 0 Å². The van der Waals surface area contributed by atoms with Crippen molar-refractivity contribution in [2.24, 2.45) is 11.8 Å². The van der Waals surface area contributed by atoms with Crippen molar-refractivity contribution in [1.29, 1.82) is 0 Å². The molecule has 0 aromatic heterocycles. The predicted molar refractivity (Wildman–Crippen MR) is 64.4 cm³/mol. The fraction of sp³-hybridized carbons (Fsp3) is 1.00. The van der Waals surface area contributed by atoms with Crippen LogP contribution in [-0.4, -0.2) is 17.8 Å². The first-order chi connectivity index (χ1) is 5.70. The highest BCUT2D eigenvalue weighted by Crippen LogP contribution is 2.20. The van der Waals surface area contributed by atoms with Crippen LogP contribution in [0, 0.1) is 11.8 Å². The average molecular weight is 206 g/mol. The van der Waals surface area contributed by atoms with E-state index in [0.717, 1.165) is 17.6 Å². The van der Waals surface area contributed by atoms with E-state index >= 15 is 0 Å². The van der Waals surface area contributed by atoms with Gasteiger partial charge in [-0.15, -0.1) is 0 Å². The summed E-state index contributed by atoms with van der Waals surface area (Å²) in [4.78, 5) is 0. The smallest absolute Gasteiger partial charge is 0.00418 e. The SMILES string of the molecule is CSCC(CCCS)CC(C)C. The van der Waals surface area contributed by atoms with Crippen LogP contribution < -0.4 is 0 Å². The van der Waals surface area contributed by atoms with E-state index in [9.17, 15) is 0 Å². The van der Waals surface area contributed by atoms with Gasteiger partial charge in [0.25, 0.3) is 0 Å². The van der Waals surface area contributed by atoms with E-state index < -0.39 is 0 Å². The molecule has 0 aliphatic rings. The summed E-state index contributed by atoms with van der Waals surface area (Å²) in [5, 5.41) is 0. The molecule has 0 fully saturated rings. The van der Waals surface area contributed by atoms with Gasteiger partial charge in [-0.2, -0.15) is 24.4 Å². The molecule has 2 heteroatoms. The number of rotatable bonds is 7. The summed E-state index contributed by atoms with van der Waals surface area (Å²) in [6.45, 7) is 4.63. The van der Waals surface area contributed by atoms with Crippen LogP contribution in [0.1, 0.15) is 33.1 Å². The zero-order chi connectivity index (χ0) is 9.40. The van der Waals surface area contributed by atoms with Crippen molar-refractivity contribution < 1.29 is 0 Å². The van der Waals surface area contributed by atoms with Gasteiger partial charge in [0, 0.05) is 0 Å². The third kappa shape index (κ3) is 7.35. The molecule has 0 bridgehead atoms. The lowest BCUT2D eigenvalue weighted by molar-refractivity contribution is 0.419. The molecule has 0 saturated heterocycles. The highest BCUT2D eigenvalue weighted by Gasteiger charge is 2.09. The van der Waals surface area contributed by atoms with Gasteiger partial charge in [-0.25, -0.2) is 0 Å². The minimum Gasteiger partial charge on any atom is -0.179 e. The normalized spacial score (nSPS) is 13.8. The Morgan fingerprint density at radius 1 is 1.33 bits per heavy atom. The van der Waals surface area contributed by atoms with Crippen molar-refractivity contribution in [2.45, 2.75) is 33.1 Å². The molecule has 0 amide bonds. The van der Waals surface area contributed by atoms with Gasteiger partial charge in [-0.3, -0.25) is 0 Å². The summed E-state index contributed by atoms with van der Waals surface area (Å²) in [6, 6.07) is 0. The second kappa shape index (κ2) is 8.31. The van der Waals surface area contributed by atoms with E-state index in [1.54, 1.807) is 0 Å². The summed E-state index contributed by atoms with van der Waals surface area (Å²) >= 11 is 6.22. The van der Waals surface area contributed by atoms with Crippen LogP contribution in [0.2, 0.25) is 0 Å². The molecule has 0 aromatic carbocycles. The van der Waals surface area contributed by atoms with Gasteiger partial charge in [-0.05, 0) is 48.9 Å². The summed E-state index contributed by atoms with van der Waals surface area (Å²) in [5.74, 6) is 4.14. The predicted octanol–water partition coefficient (Wildman–Crippen LogP) is 3.72. The quantitative estimate of drug-likeness (QED) is 0.619. The molecule has 1 atom stereocenters. The molecule has 0 saturated carbocycles.